The van der Waals surface area contributed by atoms with E-state index in [0.717, 1.165) is 25.7 Å². The molecule has 2 N–H and O–H groups in total. The average molecular weight is 429 g/mol. The normalized spacial score (nSPS) is 11.1. The first-order valence-corrected chi connectivity index (χ1v) is 13.1. The standard InChI is InChI=1S/C26H50O4/c27-25(28)23-21-19-17-15-13-11-9-7-5-3-1-2-4-6-8-10-12-14-16-18-20-22-24-26(29)30/h1-24H2,(H,27,28)(H,29,30)/i25+2. The predicted octanol–water partition coefficient (Wildman–Crippen LogP) is 8.52. The quantitative estimate of drug-likeness (QED) is 0.143. The van der Waals surface area contributed by atoms with Crippen LogP contribution >= 0.6 is 0 Å². The summed E-state index contributed by atoms with van der Waals surface area (Å²) in [5.41, 5.74) is 0. The summed E-state index contributed by atoms with van der Waals surface area (Å²) in [6.07, 6.45) is 28.7. The third-order valence-corrected chi connectivity index (χ3v) is 6.03. The third kappa shape index (κ3) is 26.9. The molecule has 4 heteroatoms. The highest BCUT2D eigenvalue weighted by atomic mass is 16.6. The molecular weight excluding hydrogens is 378 g/mol. The van der Waals surface area contributed by atoms with Crippen molar-refractivity contribution in [2.24, 2.45) is 0 Å². The predicted molar refractivity (Wildman–Crippen MR) is 126 cm³/mol. The first kappa shape index (κ1) is 28.9. The second kappa shape index (κ2) is 24.2. The molecule has 0 aliphatic carbocycles. The SMILES string of the molecule is O=C(O)CCCCCCCCCCCCCCCCCCCCCCCC[14C](=O)O. The second-order valence-corrected chi connectivity index (χ2v) is 9.07. The van der Waals surface area contributed by atoms with Crippen LogP contribution in [0.2, 0.25) is 0 Å². The number of carbonyl (C=O) groups is 2. The molecule has 0 amide bonds. The largest absolute Gasteiger partial charge is 0.481 e. The van der Waals surface area contributed by atoms with Crippen LogP contribution in [0.1, 0.15) is 154 Å². The van der Waals surface area contributed by atoms with E-state index in [0.29, 0.717) is 12.8 Å². The summed E-state index contributed by atoms with van der Waals surface area (Å²) in [6.45, 7) is 0. The molecule has 0 aromatic carbocycles. The molecule has 0 aromatic rings. The molecular formula is C26H50O4. The lowest BCUT2D eigenvalue weighted by Gasteiger charge is -2.04. The Hall–Kier alpha value is -1.06. The summed E-state index contributed by atoms with van der Waals surface area (Å²) in [5.74, 6) is -1.32. The van der Waals surface area contributed by atoms with Gasteiger partial charge in [0.05, 0.1) is 0 Å². The smallest absolute Gasteiger partial charge is 0.303 e. The van der Waals surface area contributed by atoms with Gasteiger partial charge >= 0.3 is 11.9 Å². The van der Waals surface area contributed by atoms with Crippen molar-refractivity contribution in [1.82, 2.24) is 0 Å². The minimum atomic E-state index is -0.662. The molecule has 178 valence electrons. The van der Waals surface area contributed by atoms with Gasteiger partial charge in [-0.25, -0.2) is 0 Å². The summed E-state index contributed by atoms with van der Waals surface area (Å²) < 4.78 is 0. The fraction of sp³-hybridized carbons (Fsp3) is 0.923. The summed E-state index contributed by atoms with van der Waals surface area (Å²) >= 11 is 0. The molecule has 0 aliphatic rings. The van der Waals surface area contributed by atoms with Crippen LogP contribution in [0, 0.1) is 0 Å². The van der Waals surface area contributed by atoms with Crippen LogP contribution in [0.5, 0.6) is 0 Å². The van der Waals surface area contributed by atoms with Crippen molar-refractivity contribution in [2.45, 2.75) is 154 Å². The highest BCUT2D eigenvalue weighted by molar-refractivity contribution is 5.66. The minimum absolute atomic E-state index is 0.332. The molecule has 30 heavy (non-hydrogen) atoms. The molecule has 0 aromatic heterocycles. The Bertz CT molecular complexity index is 345. The molecule has 0 bridgehead atoms. The Morgan fingerprint density at radius 2 is 0.700 bits per heavy atom. The van der Waals surface area contributed by atoms with E-state index in [4.69, 9.17) is 10.2 Å². The van der Waals surface area contributed by atoms with Gasteiger partial charge in [0.15, 0.2) is 0 Å². The van der Waals surface area contributed by atoms with Gasteiger partial charge in [-0.15, -0.1) is 0 Å². The van der Waals surface area contributed by atoms with Crippen LogP contribution < -0.4 is 0 Å². The fourth-order valence-corrected chi connectivity index (χ4v) is 4.09. The van der Waals surface area contributed by atoms with Crippen molar-refractivity contribution >= 4 is 11.9 Å². The number of hydrogen-bond acceptors (Lipinski definition) is 2. The molecule has 0 aliphatic heterocycles. The van der Waals surface area contributed by atoms with Gasteiger partial charge in [-0.05, 0) is 12.8 Å². The number of hydrogen-bond donors (Lipinski definition) is 2. The van der Waals surface area contributed by atoms with Crippen molar-refractivity contribution in [3.8, 4) is 0 Å². The molecule has 0 atom stereocenters. The van der Waals surface area contributed by atoms with Gasteiger partial charge in [0.25, 0.3) is 0 Å². The lowest BCUT2D eigenvalue weighted by atomic mass is 10.0. The summed E-state index contributed by atoms with van der Waals surface area (Å²) in [4.78, 5) is 20.8. The van der Waals surface area contributed by atoms with E-state index in [1.807, 2.05) is 0 Å². The van der Waals surface area contributed by atoms with Gasteiger partial charge in [-0.3, -0.25) is 9.59 Å². The Kier molecular flexibility index (Phi) is 23.4. The van der Waals surface area contributed by atoms with E-state index in [1.54, 1.807) is 0 Å². The molecule has 0 fully saturated rings. The number of aliphatic carboxylic acids is 2. The highest BCUT2D eigenvalue weighted by Gasteiger charge is 1.98. The molecule has 0 heterocycles. The van der Waals surface area contributed by atoms with E-state index in [2.05, 4.69) is 0 Å². The zero-order valence-corrected chi connectivity index (χ0v) is 19.7. The maximum atomic E-state index is 10.4. The Labute approximate surface area is 186 Å². The fourth-order valence-electron chi connectivity index (χ4n) is 4.09. The molecule has 0 radical (unpaired) electrons. The summed E-state index contributed by atoms with van der Waals surface area (Å²) in [5, 5.41) is 17.2. The maximum Gasteiger partial charge on any atom is 0.303 e. The second-order valence-electron chi connectivity index (χ2n) is 9.07. The van der Waals surface area contributed by atoms with Crippen LogP contribution in [-0.2, 0) is 9.59 Å². The van der Waals surface area contributed by atoms with Crippen molar-refractivity contribution in [1.29, 1.82) is 0 Å². The molecule has 4 nitrogen and oxygen atoms in total. The average Bonchev–Trinajstić information content (AvgIpc) is 2.70. The van der Waals surface area contributed by atoms with Crippen molar-refractivity contribution < 1.29 is 19.8 Å². The van der Waals surface area contributed by atoms with E-state index in [-0.39, 0.29) is 0 Å². The van der Waals surface area contributed by atoms with Gasteiger partial charge < -0.3 is 10.2 Å². The van der Waals surface area contributed by atoms with E-state index >= 15 is 0 Å². The minimum Gasteiger partial charge on any atom is -0.481 e. The molecule has 0 rings (SSSR count). The zero-order chi connectivity index (χ0) is 22.1. The maximum absolute atomic E-state index is 10.4. The Morgan fingerprint density at radius 1 is 0.467 bits per heavy atom. The summed E-state index contributed by atoms with van der Waals surface area (Å²) in [7, 11) is 0. The van der Waals surface area contributed by atoms with E-state index < -0.39 is 11.9 Å². The Balaban J connectivity index is 3.02. The van der Waals surface area contributed by atoms with Crippen molar-refractivity contribution in [2.75, 3.05) is 0 Å². The van der Waals surface area contributed by atoms with Gasteiger partial charge in [-0.1, -0.05) is 128 Å². The van der Waals surface area contributed by atoms with Crippen LogP contribution in [0.4, 0.5) is 0 Å². The molecule has 0 spiro atoms. The van der Waals surface area contributed by atoms with Crippen LogP contribution in [0.25, 0.3) is 0 Å². The third-order valence-electron chi connectivity index (χ3n) is 6.03. The lowest BCUT2D eigenvalue weighted by molar-refractivity contribution is -0.138. The van der Waals surface area contributed by atoms with Crippen LogP contribution in [-0.4, -0.2) is 22.2 Å². The van der Waals surface area contributed by atoms with Gasteiger partial charge in [0.2, 0.25) is 0 Å². The van der Waals surface area contributed by atoms with Gasteiger partial charge in [0, 0.05) is 12.8 Å². The van der Waals surface area contributed by atoms with Gasteiger partial charge in [-0.2, -0.15) is 0 Å². The Morgan fingerprint density at radius 3 is 0.933 bits per heavy atom. The monoisotopic (exact) mass is 428 g/mol. The van der Waals surface area contributed by atoms with Crippen LogP contribution in [0.15, 0.2) is 0 Å². The number of unbranched alkanes of at least 4 members (excludes halogenated alkanes) is 21. The molecule has 0 saturated carbocycles. The van der Waals surface area contributed by atoms with Gasteiger partial charge in [0.1, 0.15) is 0 Å². The number of carboxylic acid groups (broad SMARTS) is 2. The molecule has 0 saturated heterocycles. The lowest BCUT2D eigenvalue weighted by Crippen LogP contribution is -1.93. The molecule has 0 unspecified atom stereocenters. The van der Waals surface area contributed by atoms with Crippen LogP contribution in [0.3, 0.4) is 0 Å². The zero-order valence-electron chi connectivity index (χ0n) is 19.7. The summed E-state index contributed by atoms with van der Waals surface area (Å²) in [6, 6.07) is 0. The topological polar surface area (TPSA) is 74.6 Å². The number of rotatable bonds is 25. The highest BCUT2D eigenvalue weighted by Crippen LogP contribution is 2.15. The first-order valence-electron chi connectivity index (χ1n) is 13.1. The van der Waals surface area contributed by atoms with Crippen molar-refractivity contribution in [3.63, 3.8) is 0 Å². The van der Waals surface area contributed by atoms with E-state index in [9.17, 15) is 9.59 Å². The first-order chi connectivity index (χ1) is 14.6. The van der Waals surface area contributed by atoms with Crippen molar-refractivity contribution in [3.05, 3.63) is 0 Å². The number of carboxylic acids is 2. The van der Waals surface area contributed by atoms with E-state index in [1.165, 1.54) is 116 Å².